The molecule has 0 atom stereocenters. The van der Waals surface area contributed by atoms with Gasteiger partial charge in [0.25, 0.3) is 12.3 Å². The number of carbonyl (C=O) groups excluding carboxylic acids is 2. The number of nitrogens with one attached hydrogen (secondary N) is 1. The summed E-state index contributed by atoms with van der Waals surface area (Å²) < 4.78 is 27.1. The minimum absolute atomic E-state index is 0.193. The van der Waals surface area contributed by atoms with Crippen LogP contribution in [0.5, 0.6) is 0 Å². The number of amides is 3. The fourth-order valence-corrected chi connectivity index (χ4v) is 2.92. The number of primary amides is 1. The first kappa shape index (κ1) is 16.9. The Hall–Kier alpha value is -2.97. The molecule has 1 aromatic carbocycles. The molecule has 7 nitrogen and oxygen atoms in total. The third-order valence-electron chi connectivity index (χ3n) is 4.04. The smallest absolute Gasteiger partial charge is 0.319 e. The van der Waals surface area contributed by atoms with Gasteiger partial charge in [0.2, 0.25) is 0 Å². The second-order valence-electron chi connectivity index (χ2n) is 5.79. The van der Waals surface area contributed by atoms with Crippen molar-refractivity contribution in [2.75, 3.05) is 16.8 Å². The summed E-state index contributed by atoms with van der Waals surface area (Å²) in [6, 6.07) is 4.50. The summed E-state index contributed by atoms with van der Waals surface area (Å²) in [5.41, 5.74) is 6.57. The van der Waals surface area contributed by atoms with Crippen LogP contribution in [0.1, 0.15) is 34.5 Å². The number of anilines is 2. The number of hydrogen-bond acceptors (Lipinski definition) is 3. The van der Waals surface area contributed by atoms with E-state index in [4.69, 9.17) is 5.73 Å². The number of nitrogens with two attached hydrogens (primary N) is 1. The fraction of sp³-hybridized carbons (Fsp3) is 0.312. The second kappa shape index (κ2) is 6.50. The largest absolute Gasteiger partial charge is 0.351 e. The van der Waals surface area contributed by atoms with Gasteiger partial charge in [-0.05, 0) is 30.5 Å². The van der Waals surface area contributed by atoms with Crippen LogP contribution >= 0.6 is 0 Å². The van der Waals surface area contributed by atoms with Gasteiger partial charge in [-0.25, -0.2) is 13.6 Å². The van der Waals surface area contributed by atoms with E-state index < -0.39 is 24.1 Å². The lowest BCUT2D eigenvalue weighted by molar-refractivity contribution is 0.101. The Balaban J connectivity index is 1.88. The Morgan fingerprint density at radius 2 is 2.12 bits per heavy atom. The minimum Gasteiger partial charge on any atom is -0.351 e. The number of carbonyl (C=O) groups is 2. The summed E-state index contributed by atoms with van der Waals surface area (Å²) in [5, 5.41) is 6.19. The first-order chi connectivity index (χ1) is 11.9. The van der Waals surface area contributed by atoms with Crippen molar-refractivity contribution in [3.8, 4) is 0 Å². The molecule has 0 radical (unpaired) electrons. The van der Waals surface area contributed by atoms with E-state index in [2.05, 4.69) is 10.4 Å². The third-order valence-corrected chi connectivity index (χ3v) is 4.04. The van der Waals surface area contributed by atoms with E-state index in [0.717, 1.165) is 23.1 Å². The maximum absolute atomic E-state index is 13.0. The molecule has 2 heterocycles. The van der Waals surface area contributed by atoms with Gasteiger partial charge in [0.1, 0.15) is 5.69 Å². The van der Waals surface area contributed by atoms with Crippen molar-refractivity contribution in [2.45, 2.75) is 19.3 Å². The Labute approximate surface area is 142 Å². The normalized spacial score (nSPS) is 13.7. The van der Waals surface area contributed by atoms with E-state index in [0.29, 0.717) is 17.9 Å². The van der Waals surface area contributed by atoms with E-state index in [1.54, 1.807) is 18.2 Å². The van der Waals surface area contributed by atoms with E-state index in [1.165, 1.54) is 18.1 Å². The van der Waals surface area contributed by atoms with E-state index in [9.17, 15) is 18.4 Å². The first-order valence-corrected chi connectivity index (χ1v) is 7.69. The van der Waals surface area contributed by atoms with E-state index >= 15 is 0 Å². The SMILES string of the molecule is Cn1cc(C(=O)Nc2ccc3c(c2)N(C(N)=O)CCC3)c(C(F)F)n1. The molecule has 3 amide bonds. The van der Waals surface area contributed by atoms with Crippen molar-refractivity contribution < 1.29 is 18.4 Å². The van der Waals surface area contributed by atoms with Crippen molar-refractivity contribution in [1.82, 2.24) is 9.78 Å². The number of benzene rings is 1. The number of aryl methyl sites for hydroxylation is 2. The molecule has 3 rings (SSSR count). The van der Waals surface area contributed by atoms with Gasteiger partial charge < -0.3 is 11.1 Å². The highest BCUT2D eigenvalue weighted by Gasteiger charge is 2.24. The van der Waals surface area contributed by atoms with Crippen LogP contribution in [-0.2, 0) is 13.5 Å². The van der Waals surface area contributed by atoms with Gasteiger partial charge in [0, 0.05) is 25.5 Å². The number of aromatic nitrogens is 2. The molecule has 0 spiro atoms. The van der Waals surface area contributed by atoms with Crippen LogP contribution in [0.4, 0.5) is 25.0 Å². The van der Waals surface area contributed by atoms with Crippen LogP contribution in [0.25, 0.3) is 0 Å². The topological polar surface area (TPSA) is 93.3 Å². The Bertz CT molecular complexity index is 834. The maximum Gasteiger partial charge on any atom is 0.319 e. The molecule has 25 heavy (non-hydrogen) atoms. The number of alkyl halides is 2. The van der Waals surface area contributed by atoms with E-state index in [1.807, 2.05) is 0 Å². The zero-order valence-corrected chi connectivity index (χ0v) is 13.5. The lowest BCUT2D eigenvalue weighted by Gasteiger charge is -2.28. The van der Waals surface area contributed by atoms with Crippen molar-refractivity contribution in [2.24, 2.45) is 12.8 Å². The maximum atomic E-state index is 13.0. The van der Waals surface area contributed by atoms with Gasteiger partial charge >= 0.3 is 6.03 Å². The zero-order valence-electron chi connectivity index (χ0n) is 13.5. The van der Waals surface area contributed by atoms with Crippen LogP contribution in [0.3, 0.4) is 0 Å². The molecule has 0 unspecified atom stereocenters. The number of halogens is 2. The quantitative estimate of drug-likeness (QED) is 0.891. The number of hydrogen-bond donors (Lipinski definition) is 2. The van der Waals surface area contributed by atoms with E-state index in [-0.39, 0.29) is 5.56 Å². The molecule has 1 aliphatic rings. The van der Waals surface area contributed by atoms with Gasteiger partial charge in [0.15, 0.2) is 0 Å². The standard InChI is InChI=1S/C16H17F2N5O2/c1-22-8-11(13(21-22)14(17)18)15(24)20-10-5-4-9-3-2-6-23(16(19)25)12(9)7-10/h4-5,7-8,14H,2-3,6H2,1H3,(H2,19,25)(H,20,24). The van der Waals surface area contributed by atoms with Gasteiger partial charge in [-0.1, -0.05) is 6.07 Å². The van der Waals surface area contributed by atoms with Crippen LogP contribution in [0.2, 0.25) is 0 Å². The Kier molecular flexibility index (Phi) is 4.39. The molecule has 0 saturated heterocycles. The lowest BCUT2D eigenvalue weighted by Crippen LogP contribution is -2.39. The predicted molar refractivity (Wildman–Crippen MR) is 87.8 cm³/mol. The molecule has 9 heteroatoms. The molecule has 1 aromatic heterocycles. The highest BCUT2D eigenvalue weighted by atomic mass is 19.3. The highest BCUT2D eigenvalue weighted by molar-refractivity contribution is 6.05. The van der Waals surface area contributed by atoms with Crippen LogP contribution in [-0.4, -0.2) is 28.3 Å². The van der Waals surface area contributed by atoms with Crippen molar-refractivity contribution >= 4 is 23.3 Å². The van der Waals surface area contributed by atoms with Crippen LogP contribution < -0.4 is 16.0 Å². The molecule has 0 fully saturated rings. The van der Waals surface area contributed by atoms with Crippen molar-refractivity contribution in [3.63, 3.8) is 0 Å². The Morgan fingerprint density at radius 1 is 1.36 bits per heavy atom. The predicted octanol–water partition coefficient (Wildman–Crippen LogP) is 2.44. The third kappa shape index (κ3) is 3.30. The molecular weight excluding hydrogens is 332 g/mol. The monoisotopic (exact) mass is 349 g/mol. The fourth-order valence-electron chi connectivity index (χ4n) is 2.92. The summed E-state index contributed by atoms with van der Waals surface area (Å²) >= 11 is 0. The summed E-state index contributed by atoms with van der Waals surface area (Å²) in [6.45, 7) is 0.498. The summed E-state index contributed by atoms with van der Waals surface area (Å²) in [5.74, 6) is -0.690. The van der Waals surface area contributed by atoms with Crippen LogP contribution in [0, 0.1) is 0 Å². The molecule has 0 aliphatic carbocycles. The summed E-state index contributed by atoms with van der Waals surface area (Å²) in [4.78, 5) is 25.3. The van der Waals surface area contributed by atoms with Gasteiger partial charge in [-0.3, -0.25) is 14.4 Å². The first-order valence-electron chi connectivity index (χ1n) is 7.69. The Morgan fingerprint density at radius 3 is 2.80 bits per heavy atom. The van der Waals surface area contributed by atoms with Crippen molar-refractivity contribution in [1.29, 1.82) is 0 Å². The highest BCUT2D eigenvalue weighted by Crippen LogP contribution is 2.30. The number of rotatable bonds is 3. The molecule has 0 bridgehead atoms. The zero-order chi connectivity index (χ0) is 18.1. The van der Waals surface area contributed by atoms with Crippen molar-refractivity contribution in [3.05, 3.63) is 41.2 Å². The van der Waals surface area contributed by atoms with Crippen LogP contribution in [0.15, 0.2) is 24.4 Å². The van der Waals surface area contributed by atoms with Gasteiger partial charge in [-0.2, -0.15) is 5.10 Å². The minimum atomic E-state index is -2.85. The molecule has 132 valence electrons. The average molecular weight is 349 g/mol. The summed E-state index contributed by atoms with van der Waals surface area (Å²) in [7, 11) is 1.46. The van der Waals surface area contributed by atoms with Gasteiger partial charge in [-0.15, -0.1) is 0 Å². The molecular formula is C16H17F2N5O2. The van der Waals surface area contributed by atoms with Gasteiger partial charge in [0.05, 0.1) is 11.3 Å². The number of fused-ring (bicyclic) bond motifs is 1. The molecule has 3 N–H and O–H groups in total. The molecule has 0 saturated carbocycles. The molecule has 2 aromatic rings. The second-order valence-corrected chi connectivity index (χ2v) is 5.79. The number of urea groups is 1. The lowest BCUT2D eigenvalue weighted by atomic mass is 10.0. The molecule has 1 aliphatic heterocycles. The number of nitrogens with zero attached hydrogens (tertiary/aromatic N) is 3. The summed E-state index contributed by atoms with van der Waals surface area (Å²) in [6.07, 6.45) is -0.0123. The average Bonchev–Trinajstić information content (AvgIpc) is 2.96.